The van der Waals surface area contributed by atoms with Crippen molar-refractivity contribution in [2.24, 2.45) is 5.92 Å². The molecule has 1 aromatic rings. The molecule has 0 bridgehead atoms. The molecule has 2 atom stereocenters. The molecule has 1 amide bonds. The minimum atomic E-state index is -0.913. The number of carbonyl (C=O) groups is 2. The Morgan fingerprint density at radius 2 is 2.21 bits per heavy atom. The molecule has 19 heavy (non-hydrogen) atoms. The third kappa shape index (κ3) is 2.47. The Kier molecular flexibility index (Phi) is 3.22. The van der Waals surface area contributed by atoms with E-state index in [0.29, 0.717) is 11.7 Å². The van der Waals surface area contributed by atoms with Gasteiger partial charge in [-0.3, -0.25) is 9.48 Å². The van der Waals surface area contributed by atoms with E-state index >= 15 is 0 Å². The van der Waals surface area contributed by atoms with Crippen molar-refractivity contribution in [3.63, 3.8) is 0 Å². The van der Waals surface area contributed by atoms with E-state index in [0.717, 1.165) is 12.8 Å². The lowest BCUT2D eigenvalue weighted by Gasteiger charge is -2.27. The summed E-state index contributed by atoms with van der Waals surface area (Å²) >= 11 is 1.59. The number of hydrogen-bond donors (Lipinski definition) is 1. The van der Waals surface area contributed by atoms with Crippen molar-refractivity contribution in [1.82, 2.24) is 14.7 Å². The third-order valence-electron chi connectivity index (χ3n) is 3.49. The summed E-state index contributed by atoms with van der Waals surface area (Å²) < 4.78 is 1.54. The smallest absolute Gasteiger partial charge is 0.327 e. The maximum atomic E-state index is 12.4. The zero-order valence-corrected chi connectivity index (χ0v) is 11.1. The van der Waals surface area contributed by atoms with E-state index in [1.807, 2.05) is 0 Å². The van der Waals surface area contributed by atoms with Crippen LogP contribution in [0, 0.1) is 5.92 Å². The number of nitrogens with zero attached hydrogens (tertiary/aromatic N) is 3. The van der Waals surface area contributed by atoms with Crippen molar-refractivity contribution in [2.45, 2.75) is 30.8 Å². The van der Waals surface area contributed by atoms with Crippen LogP contribution in [0.5, 0.6) is 0 Å². The van der Waals surface area contributed by atoms with Crippen molar-refractivity contribution in [1.29, 1.82) is 0 Å². The molecule has 6 nitrogen and oxygen atoms in total. The molecule has 1 saturated heterocycles. The van der Waals surface area contributed by atoms with E-state index in [1.54, 1.807) is 35.1 Å². The summed E-state index contributed by atoms with van der Waals surface area (Å²) in [4.78, 5) is 25.2. The maximum Gasteiger partial charge on any atom is 0.327 e. The van der Waals surface area contributed by atoms with Crippen molar-refractivity contribution in [3.05, 3.63) is 18.5 Å². The number of hydrogen-bond acceptors (Lipinski definition) is 4. The fourth-order valence-corrected chi connectivity index (χ4v) is 4.04. The normalized spacial score (nSPS) is 26.6. The Hall–Kier alpha value is -1.50. The van der Waals surface area contributed by atoms with Gasteiger partial charge in [0.2, 0.25) is 5.91 Å². The lowest BCUT2D eigenvalue weighted by Crippen LogP contribution is -2.47. The molecule has 0 spiro atoms. The minimum Gasteiger partial charge on any atom is -0.480 e. The van der Waals surface area contributed by atoms with Gasteiger partial charge in [-0.1, -0.05) is 0 Å². The molecule has 1 aliphatic carbocycles. The standard InChI is InChI=1S/C12H15N3O3S/c16-10(6-14-5-1-4-13-14)15-9(12(17)18)7-19-11(15)8-2-3-8/h1,4-5,8-9,11H,2-3,6-7H2,(H,17,18). The number of carboxylic acid groups (broad SMARTS) is 1. The lowest BCUT2D eigenvalue weighted by molar-refractivity contribution is -0.149. The maximum absolute atomic E-state index is 12.4. The largest absolute Gasteiger partial charge is 0.480 e. The number of carbonyl (C=O) groups excluding carboxylic acids is 1. The van der Waals surface area contributed by atoms with Crippen LogP contribution in [0.25, 0.3) is 0 Å². The van der Waals surface area contributed by atoms with Crippen LogP contribution in [0.1, 0.15) is 12.8 Å². The van der Waals surface area contributed by atoms with Gasteiger partial charge in [-0.15, -0.1) is 11.8 Å². The van der Waals surface area contributed by atoms with Gasteiger partial charge in [0.05, 0.1) is 5.37 Å². The van der Waals surface area contributed by atoms with Gasteiger partial charge in [-0.2, -0.15) is 5.10 Å². The molecule has 1 aliphatic heterocycles. The third-order valence-corrected chi connectivity index (χ3v) is 4.95. The second-order valence-corrected chi connectivity index (χ2v) is 6.07. The van der Waals surface area contributed by atoms with Crippen molar-refractivity contribution >= 4 is 23.6 Å². The molecule has 2 aliphatic rings. The van der Waals surface area contributed by atoms with E-state index in [-0.39, 0.29) is 17.8 Å². The van der Waals surface area contributed by atoms with Gasteiger partial charge in [0.25, 0.3) is 0 Å². The van der Waals surface area contributed by atoms with Crippen LogP contribution in [-0.4, -0.2) is 48.8 Å². The second kappa shape index (κ2) is 4.88. The Labute approximate surface area is 114 Å². The molecule has 102 valence electrons. The first-order chi connectivity index (χ1) is 9.16. The first kappa shape index (κ1) is 12.5. The fraction of sp³-hybridized carbons (Fsp3) is 0.583. The van der Waals surface area contributed by atoms with Crippen LogP contribution >= 0.6 is 11.8 Å². The molecule has 1 N–H and O–H groups in total. The number of thioether (sulfide) groups is 1. The van der Waals surface area contributed by atoms with Crippen molar-refractivity contribution in [3.8, 4) is 0 Å². The second-order valence-electron chi connectivity index (χ2n) is 4.92. The van der Waals surface area contributed by atoms with Gasteiger partial charge in [0.15, 0.2) is 0 Å². The summed E-state index contributed by atoms with van der Waals surface area (Å²) in [7, 11) is 0. The molecule has 3 rings (SSSR count). The summed E-state index contributed by atoms with van der Waals surface area (Å²) in [6, 6.07) is 1.05. The topological polar surface area (TPSA) is 75.4 Å². The highest BCUT2D eigenvalue weighted by Gasteiger charge is 2.47. The monoisotopic (exact) mass is 281 g/mol. The van der Waals surface area contributed by atoms with Crippen LogP contribution < -0.4 is 0 Å². The van der Waals surface area contributed by atoms with Gasteiger partial charge in [0, 0.05) is 18.1 Å². The van der Waals surface area contributed by atoms with Gasteiger partial charge in [0.1, 0.15) is 12.6 Å². The molecule has 0 radical (unpaired) electrons. The molecule has 2 heterocycles. The Morgan fingerprint density at radius 3 is 2.79 bits per heavy atom. The summed E-state index contributed by atoms with van der Waals surface area (Å²) in [5.74, 6) is -0.111. The average Bonchev–Trinajstić information content (AvgIpc) is 2.91. The number of rotatable bonds is 4. The zero-order valence-electron chi connectivity index (χ0n) is 10.3. The molecule has 0 aromatic carbocycles. The summed E-state index contributed by atoms with van der Waals surface area (Å²) in [6.45, 7) is 0.112. The van der Waals surface area contributed by atoms with Crippen LogP contribution in [0.4, 0.5) is 0 Å². The van der Waals surface area contributed by atoms with E-state index < -0.39 is 12.0 Å². The fourth-order valence-electron chi connectivity index (χ4n) is 2.39. The highest BCUT2D eigenvalue weighted by Crippen LogP contribution is 2.45. The summed E-state index contributed by atoms with van der Waals surface area (Å²) in [5, 5.41) is 13.3. The first-order valence-corrected chi connectivity index (χ1v) is 7.34. The first-order valence-electron chi connectivity index (χ1n) is 6.30. The van der Waals surface area contributed by atoms with E-state index in [9.17, 15) is 14.7 Å². The number of carboxylic acids is 1. The van der Waals surface area contributed by atoms with Crippen LogP contribution in [0.3, 0.4) is 0 Å². The SMILES string of the molecule is O=C(O)C1CSC(C2CC2)N1C(=O)Cn1cccn1. The molecule has 7 heteroatoms. The Bertz CT molecular complexity index is 486. The van der Waals surface area contributed by atoms with Gasteiger partial charge >= 0.3 is 5.97 Å². The number of aliphatic carboxylic acids is 1. The van der Waals surface area contributed by atoms with Crippen LogP contribution in [0.15, 0.2) is 18.5 Å². The molecule has 2 unspecified atom stereocenters. The highest BCUT2D eigenvalue weighted by atomic mass is 32.2. The Morgan fingerprint density at radius 1 is 1.42 bits per heavy atom. The summed E-state index contributed by atoms with van der Waals surface area (Å²) in [6.07, 6.45) is 5.51. The van der Waals surface area contributed by atoms with E-state index in [4.69, 9.17) is 0 Å². The molecule has 1 saturated carbocycles. The van der Waals surface area contributed by atoms with E-state index in [1.165, 1.54) is 4.68 Å². The average molecular weight is 281 g/mol. The predicted octanol–water partition coefficient (Wildman–Crippen LogP) is 0.648. The van der Waals surface area contributed by atoms with Gasteiger partial charge in [-0.05, 0) is 24.8 Å². The zero-order chi connectivity index (χ0) is 13.4. The molecular formula is C12H15N3O3S. The van der Waals surface area contributed by atoms with Crippen molar-refractivity contribution < 1.29 is 14.7 Å². The molecule has 2 fully saturated rings. The van der Waals surface area contributed by atoms with Gasteiger partial charge < -0.3 is 10.0 Å². The number of amides is 1. The van der Waals surface area contributed by atoms with Crippen LogP contribution in [-0.2, 0) is 16.1 Å². The lowest BCUT2D eigenvalue weighted by atomic mass is 10.2. The Balaban J connectivity index is 1.76. The summed E-state index contributed by atoms with van der Waals surface area (Å²) in [5.41, 5.74) is 0. The van der Waals surface area contributed by atoms with E-state index in [2.05, 4.69) is 5.10 Å². The van der Waals surface area contributed by atoms with Crippen LogP contribution in [0.2, 0.25) is 0 Å². The quantitative estimate of drug-likeness (QED) is 0.877. The van der Waals surface area contributed by atoms with Crippen molar-refractivity contribution in [2.75, 3.05) is 5.75 Å². The minimum absolute atomic E-state index is 0.0316. The number of aromatic nitrogens is 2. The molecular weight excluding hydrogens is 266 g/mol. The highest BCUT2D eigenvalue weighted by molar-refractivity contribution is 8.00. The van der Waals surface area contributed by atoms with Gasteiger partial charge in [-0.25, -0.2) is 4.79 Å². The molecule has 1 aromatic heterocycles. The predicted molar refractivity (Wildman–Crippen MR) is 69.5 cm³/mol.